The molecule has 0 bridgehead atoms. The number of hydrogen-bond acceptors (Lipinski definition) is 1. The van der Waals surface area contributed by atoms with Crippen LogP contribution in [-0.2, 0) is 6.42 Å². The van der Waals surface area contributed by atoms with E-state index in [9.17, 15) is 0 Å². The van der Waals surface area contributed by atoms with Gasteiger partial charge in [0.05, 0.1) is 0 Å². The quantitative estimate of drug-likeness (QED) is 0.721. The van der Waals surface area contributed by atoms with Gasteiger partial charge in [0.2, 0.25) is 0 Å². The second-order valence-corrected chi connectivity index (χ2v) is 3.02. The molecule has 0 amide bonds. The summed E-state index contributed by atoms with van der Waals surface area (Å²) in [6.07, 6.45) is 4.39. The first-order valence-electron chi connectivity index (χ1n) is 4.58. The average Bonchev–Trinajstić information content (AvgIpc) is 2.14. The molecule has 1 rings (SSSR count). The molecule has 0 aliphatic heterocycles. The molecule has 1 nitrogen and oxygen atoms in total. The number of aryl methyl sites for hydroxylation is 1. The molecule has 0 unspecified atom stereocenters. The fourth-order valence-electron chi connectivity index (χ4n) is 1.26. The fraction of sp³-hybridized carbons (Fsp3) is 0.571. The van der Waals surface area contributed by atoms with E-state index in [1.54, 1.807) is 0 Å². The van der Waals surface area contributed by atoms with E-state index >= 15 is 0 Å². The Hall–Kier alpha value is -0.820. The third-order valence-corrected chi connectivity index (χ3v) is 1.97. The SMILES string of the molecule is C.C.C.OCCCCCc1ccccc1. The minimum absolute atomic E-state index is 0. The lowest BCUT2D eigenvalue weighted by Crippen LogP contribution is -1.87. The van der Waals surface area contributed by atoms with Gasteiger partial charge in [-0.05, 0) is 24.8 Å². The van der Waals surface area contributed by atoms with Gasteiger partial charge in [-0.1, -0.05) is 59.0 Å². The maximum absolute atomic E-state index is 8.56. The van der Waals surface area contributed by atoms with Crippen LogP contribution in [0.5, 0.6) is 0 Å². The van der Waals surface area contributed by atoms with Gasteiger partial charge in [0.15, 0.2) is 0 Å². The molecule has 0 aromatic heterocycles. The minimum atomic E-state index is 0. The van der Waals surface area contributed by atoms with E-state index in [4.69, 9.17) is 5.11 Å². The molecule has 0 heterocycles. The van der Waals surface area contributed by atoms with E-state index in [0.717, 1.165) is 19.3 Å². The molecule has 0 saturated heterocycles. The highest BCUT2D eigenvalue weighted by atomic mass is 16.2. The van der Waals surface area contributed by atoms with Crippen molar-refractivity contribution in [2.24, 2.45) is 0 Å². The van der Waals surface area contributed by atoms with Crippen LogP contribution in [0.1, 0.15) is 47.1 Å². The van der Waals surface area contributed by atoms with Gasteiger partial charge in [-0.15, -0.1) is 0 Å². The molecular weight excluding hydrogens is 184 g/mol. The minimum Gasteiger partial charge on any atom is -0.396 e. The highest BCUT2D eigenvalue weighted by molar-refractivity contribution is 5.14. The lowest BCUT2D eigenvalue weighted by atomic mass is 10.1. The van der Waals surface area contributed by atoms with Crippen LogP contribution in [0.4, 0.5) is 0 Å². The number of hydrogen-bond donors (Lipinski definition) is 1. The van der Waals surface area contributed by atoms with Crippen molar-refractivity contribution < 1.29 is 5.11 Å². The number of aliphatic hydroxyl groups is 1. The highest BCUT2D eigenvalue weighted by Crippen LogP contribution is 2.05. The smallest absolute Gasteiger partial charge is 0.0431 e. The van der Waals surface area contributed by atoms with Crippen LogP contribution in [0.25, 0.3) is 0 Å². The highest BCUT2D eigenvalue weighted by Gasteiger charge is 1.90. The Balaban J connectivity index is -0.000000480. The van der Waals surface area contributed by atoms with Gasteiger partial charge in [-0.2, -0.15) is 0 Å². The van der Waals surface area contributed by atoms with Crippen LogP contribution in [0.2, 0.25) is 0 Å². The molecule has 0 aliphatic rings. The third-order valence-electron chi connectivity index (χ3n) is 1.97. The van der Waals surface area contributed by atoms with Gasteiger partial charge in [-0.3, -0.25) is 0 Å². The predicted molar refractivity (Wildman–Crippen MR) is 71.3 cm³/mol. The number of unbranched alkanes of at least 4 members (excludes halogenated alkanes) is 2. The summed E-state index contributed by atoms with van der Waals surface area (Å²) in [4.78, 5) is 0. The van der Waals surface area contributed by atoms with E-state index in [-0.39, 0.29) is 22.3 Å². The van der Waals surface area contributed by atoms with E-state index in [2.05, 4.69) is 24.3 Å². The molecule has 0 aliphatic carbocycles. The summed E-state index contributed by atoms with van der Waals surface area (Å²) in [6, 6.07) is 10.5. The maximum atomic E-state index is 8.56. The van der Waals surface area contributed by atoms with Gasteiger partial charge < -0.3 is 5.11 Å². The zero-order chi connectivity index (χ0) is 8.65. The van der Waals surface area contributed by atoms with Crippen LogP contribution in [0.3, 0.4) is 0 Å². The van der Waals surface area contributed by atoms with E-state index in [0.29, 0.717) is 6.61 Å². The summed E-state index contributed by atoms with van der Waals surface area (Å²) in [6.45, 7) is 0.328. The van der Waals surface area contributed by atoms with E-state index in [1.165, 1.54) is 12.0 Å². The van der Waals surface area contributed by atoms with Gasteiger partial charge in [0.25, 0.3) is 0 Å². The summed E-state index contributed by atoms with van der Waals surface area (Å²) in [5.74, 6) is 0. The molecular formula is C14H28O. The molecule has 1 aromatic rings. The van der Waals surface area contributed by atoms with Gasteiger partial charge in [0.1, 0.15) is 0 Å². The number of rotatable bonds is 5. The lowest BCUT2D eigenvalue weighted by molar-refractivity contribution is 0.283. The summed E-state index contributed by atoms with van der Waals surface area (Å²) in [7, 11) is 0. The molecule has 0 fully saturated rings. The van der Waals surface area contributed by atoms with Crippen LogP contribution in [0.15, 0.2) is 30.3 Å². The third kappa shape index (κ3) is 9.48. The summed E-state index contributed by atoms with van der Waals surface area (Å²) in [5, 5.41) is 8.56. The molecule has 0 radical (unpaired) electrons. The van der Waals surface area contributed by atoms with Crippen LogP contribution >= 0.6 is 0 Å². The van der Waals surface area contributed by atoms with Crippen molar-refractivity contribution in [3.63, 3.8) is 0 Å². The normalized spacial score (nSPS) is 8.07. The zero-order valence-electron chi connectivity index (χ0n) is 7.37. The largest absolute Gasteiger partial charge is 0.396 e. The van der Waals surface area contributed by atoms with Gasteiger partial charge >= 0.3 is 0 Å². The topological polar surface area (TPSA) is 20.2 Å². The van der Waals surface area contributed by atoms with Crippen molar-refractivity contribution >= 4 is 0 Å². The first kappa shape index (κ1) is 19.7. The first-order chi connectivity index (χ1) is 5.93. The van der Waals surface area contributed by atoms with Crippen molar-refractivity contribution in [2.45, 2.75) is 48.0 Å². The van der Waals surface area contributed by atoms with Crippen LogP contribution in [0, 0.1) is 0 Å². The Morgan fingerprint density at radius 1 is 0.800 bits per heavy atom. The predicted octanol–water partition coefficient (Wildman–Crippen LogP) is 4.30. The van der Waals surface area contributed by atoms with Crippen LogP contribution in [-0.4, -0.2) is 11.7 Å². The Morgan fingerprint density at radius 2 is 1.40 bits per heavy atom. The standard InChI is InChI=1S/C11H16O.3CH4/c12-10-6-2-5-9-11-7-3-1-4-8-11;;;/h1,3-4,7-8,12H,2,5-6,9-10H2;3*1H4. The summed E-state index contributed by atoms with van der Waals surface area (Å²) in [5.41, 5.74) is 1.40. The van der Waals surface area contributed by atoms with E-state index < -0.39 is 0 Å². The second-order valence-electron chi connectivity index (χ2n) is 3.02. The van der Waals surface area contributed by atoms with Crippen molar-refractivity contribution in [2.75, 3.05) is 6.61 Å². The number of aliphatic hydroxyl groups excluding tert-OH is 1. The van der Waals surface area contributed by atoms with E-state index in [1.807, 2.05) is 6.07 Å². The molecule has 1 heteroatoms. The zero-order valence-corrected chi connectivity index (χ0v) is 7.37. The maximum Gasteiger partial charge on any atom is 0.0431 e. The molecule has 0 atom stereocenters. The molecule has 1 N–H and O–H groups in total. The molecule has 90 valence electrons. The van der Waals surface area contributed by atoms with Crippen molar-refractivity contribution in [1.82, 2.24) is 0 Å². The second kappa shape index (κ2) is 13.2. The summed E-state index contributed by atoms with van der Waals surface area (Å²) >= 11 is 0. The monoisotopic (exact) mass is 212 g/mol. The van der Waals surface area contributed by atoms with Crippen molar-refractivity contribution in [3.8, 4) is 0 Å². The summed E-state index contributed by atoms with van der Waals surface area (Å²) < 4.78 is 0. The van der Waals surface area contributed by atoms with Crippen LogP contribution < -0.4 is 0 Å². The Morgan fingerprint density at radius 3 is 1.93 bits per heavy atom. The Kier molecular flexibility index (Phi) is 17.3. The molecule has 0 spiro atoms. The Labute approximate surface area is 96.2 Å². The molecule has 0 saturated carbocycles. The first-order valence-corrected chi connectivity index (χ1v) is 4.58. The Bertz CT molecular complexity index is 194. The van der Waals surface area contributed by atoms with Crippen molar-refractivity contribution in [1.29, 1.82) is 0 Å². The van der Waals surface area contributed by atoms with Gasteiger partial charge in [0, 0.05) is 6.61 Å². The fourth-order valence-corrected chi connectivity index (χ4v) is 1.26. The number of benzene rings is 1. The molecule has 1 aromatic carbocycles. The lowest BCUT2D eigenvalue weighted by Gasteiger charge is -1.99. The molecule has 15 heavy (non-hydrogen) atoms. The van der Waals surface area contributed by atoms with Crippen molar-refractivity contribution in [3.05, 3.63) is 35.9 Å². The average molecular weight is 212 g/mol. The van der Waals surface area contributed by atoms with Gasteiger partial charge in [-0.25, -0.2) is 0 Å².